The molecule has 2 aromatic heterocycles. The highest BCUT2D eigenvalue weighted by molar-refractivity contribution is 7.92. The van der Waals surface area contributed by atoms with Crippen molar-refractivity contribution in [3.63, 3.8) is 0 Å². The highest BCUT2D eigenvalue weighted by Gasteiger charge is 2.20. The molecule has 0 saturated heterocycles. The van der Waals surface area contributed by atoms with Gasteiger partial charge in [-0.1, -0.05) is 0 Å². The summed E-state index contributed by atoms with van der Waals surface area (Å²) >= 11 is 0. The van der Waals surface area contributed by atoms with Crippen molar-refractivity contribution in [1.82, 2.24) is 19.7 Å². The summed E-state index contributed by atoms with van der Waals surface area (Å²) in [6.07, 6.45) is 3.07. The molecule has 2 N–H and O–H groups in total. The number of imidazole rings is 1. The lowest BCUT2D eigenvalue weighted by atomic mass is 10.4. The zero-order chi connectivity index (χ0) is 13.3. The van der Waals surface area contributed by atoms with Crippen LogP contribution in [0.3, 0.4) is 0 Å². The third-order valence-electron chi connectivity index (χ3n) is 2.64. The average Bonchev–Trinajstić information content (AvgIpc) is 2.86. The predicted octanol–water partition coefficient (Wildman–Crippen LogP) is 1.04. The standard InChI is InChI=1S/C10H15N5O2S/c1-4-15-6-9(12-8(15)3)18(16,17)14-10-7(2)5-11-13-10/h5-6H,4H2,1-3H3,(H2,11,13,14). The summed E-state index contributed by atoms with van der Waals surface area (Å²) in [6, 6.07) is 0. The normalized spacial score (nSPS) is 11.7. The summed E-state index contributed by atoms with van der Waals surface area (Å²) in [7, 11) is -3.67. The second kappa shape index (κ2) is 4.45. The molecule has 0 aromatic carbocycles. The summed E-state index contributed by atoms with van der Waals surface area (Å²) < 4.78 is 28.4. The lowest BCUT2D eigenvalue weighted by molar-refractivity contribution is 0.597. The molecule has 0 aliphatic heterocycles. The van der Waals surface area contributed by atoms with Crippen molar-refractivity contribution in [3.05, 3.63) is 23.8 Å². The van der Waals surface area contributed by atoms with E-state index in [1.807, 2.05) is 6.92 Å². The number of hydrogen-bond acceptors (Lipinski definition) is 4. The zero-order valence-electron chi connectivity index (χ0n) is 10.4. The minimum Gasteiger partial charge on any atom is -0.334 e. The van der Waals surface area contributed by atoms with Gasteiger partial charge in [-0.25, -0.2) is 4.98 Å². The molecular formula is C10H15N5O2S. The number of aromatic nitrogens is 4. The quantitative estimate of drug-likeness (QED) is 0.867. The highest BCUT2D eigenvalue weighted by atomic mass is 32.2. The van der Waals surface area contributed by atoms with Crippen LogP contribution < -0.4 is 4.72 Å². The van der Waals surface area contributed by atoms with Crippen LogP contribution in [0.25, 0.3) is 0 Å². The first-order valence-electron chi connectivity index (χ1n) is 5.50. The Morgan fingerprint density at radius 1 is 1.44 bits per heavy atom. The van der Waals surface area contributed by atoms with Crippen molar-refractivity contribution in [2.75, 3.05) is 4.72 Å². The van der Waals surface area contributed by atoms with E-state index in [1.165, 1.54) is 6.20 Å². The van der Waals surface area contributed by atoms with Gasteiger partial charge < -0.3 is 4.57 Å². The van der Waals surface area contributed by atoms with Gasteiger partial charge in [0, 0.05) is 18.3 Å². The van der Waals surface area contributed by atoms with Crippen LogP contribution in [0.15, 0.2) is 17.4 Å². The van der Waals surface area contributed by atoms with Crippen LogP contribution in [0.5, 0.6) is 0 Å². The minimum atomic E-state index is -3.67. The molecule has 0 bridgehead atoms. The summed E-state index contributed by atoms with van der Waals surface area (Å²) in [5.74, 6) is 1.03. The molecule has 0 amide bonds. The molecule has 18 heavy (non-hydrogen) atoms. The molecular weight excluding hydrogens is 254 g/mol. The fourth-order valence-corrected chi connectivity index (χ4v) is 2.66. The molecule has 2 heterocycles. The maximum absolute atomic E-state index is 12.1. The second-order valence-corrected chi connectivity index (χ2v) is 5.58. The van der Waals surface area contributed by atoms with Crippen LogP contribution in [0.2, 0.25) is 0 Å². The smallest absolute Gasteiger partial charge is 0.282 e. The van der Waals surface area contributed by atoms with E-state index < -0.39 is 10.0 Å². The van der Waals surface area contributed by atoms with Gasteiger partial charge in [-0.2, -0.15) is 13.5 Å². The Bertz CT molecular complexity index is 656. The van der Waals surface area contributed by atoms with Crippen LogP contribution >= 0.6 is 0 Å². The van der Waals surface area contributed by atoms with E-state index in [1.54, 1.807) is 24.6 Å². The van der Waals surface area contributed by atoms with Crippen molar-refractivity contribution in [2.45, 2.75) is 32.3 Å². The molecule has 0 aliphatic rings. The van der Waals surface area contributed by atoms with Gasteiger partial charge in [0.15, 0.2) is 5.03 Å². The number of H-pyrrole nitrogens is 1. The average molecular weight is 269 g/mol. The fourth-order valence-electron chi connectivity index (χ4n) is 1.57. The Balaban J connectivity index is 2.33. The van der Waals surface area contributed by atoms with Crippen molar-refractivity contribution in [1.29, 1.82) is 0 Å². The van der Waals surface area contributed by atoms with Gasteiger partial charge in [0.2, 0.25) is 0 Å². The van der Waals surface area contributed by atoms with Crippen molar-refractivity contribution in [3.8, 4) is 0 Å². The number of rotatable bonds is 4. The minimum absolute atomic E-state index is 0.0100. The Kier molecular flexibility index (Phi) is 3.12. The molecule has 2 rings (SSSR count). The molecule has 0 spiro atoms. The Labute approximate surface area is 105 Å². The highest BCUT2D eigenvalue weighted by Crippen LogP contribution is 2.16. The molecule has 0 saturated carbocycles. The summed E-state index contributed by atoms with van der Waals surface area (Å²) in [5, 5.41) is 6.36. The van der Waals surface area contributed by atoms with Gasteiger partial charge in [0.25, 0.3) is 10.0 Å². The number of aryl methyl sites for hydroxylation is 3. The molecule has 0 atom stereocenters. The Morgan fingerprint density at radius 3 is 2.67 bits per heavy atom. The van der Waals surface area contributed by atoms with Crippen LogP contribution in [0.4, 0.5) is 5.82 Å². The number of hydrogen-bond donors (Lipinski definition) is 2. The number of nitrogens with one attached hydrogen (secondary N) is 2. The van der Waals surface area contributed by atoms with Gasteiger partial charge in [0.1, 0.15) is 11.6 Å². The first kappa shape index (κ1) is 12.6. The van der Waals surface area contributed by atoms with Gasteiger partial charge >= 0.3 is 0 Å². The van der Waals surface area contributed by atoms with Gasteiger partial charge in [-0.15, -0.1) is 0 Å². The Morgan fingerprint density at radius 2 is 2.17 bits per heavy atom. The van der Waals surface area contributed by atoms with Gasteiger partial charge in [-0.05, 0) is 20.8 Å². The lowest BCUT2D eigenvalue weighted by Crippen LogP contribution is -2.14. The third kappa shape index (κ3) is 2.23. The van der Waals surface area contributed by atoms with Gasteiger partial charge in [0.05, 0.1) is 6.20 Å². The van der Waals surface area contributed by atoms with Crippen molar-refractivity contribution < 1.29 is 8.42 Å². The van der Waals surface area contributed by atoms with E-state index in [0.717, 1.165) is 5.56 Å². The Hall–Kier alpha value is -1.83. The van der Waals surface area contributed by atoms with Crippen LogP contribution in [-0.4, -0.2) is 28.2 Å². The predicted molar refractivity (Wildman–Crippen MR) is 66.8 cm³/mol. The second-order valence-electron chi connectivity index (χ2n) is 3.95. The zero-order valence-corrected chi connectivity index (χ0v) is 11.2. The number of sulfonamides is 1. The summed E-state index contributed by atoms with van der Waals surface area (Å²) in [4.78, 5) is 4.04. The molecule has 2 aromatic rings. The molecule has 0 aliphatic carbocycles. The number of aromatic amines is 1. The van der Waals surface area contributed by atoms with E-state index in [2.05, 4.69) is 19.9 Å². The molecule has 0 fully saturated rings. The SMILES string of the molecule is CCn1cc(S(=O)(=O)Nc2[nH]ncc2C)nc1C. The molecule has 98 valence electrons. The van der Waals surface area contributed by atoms with E-state index in [4.69, 9.17) is 0 Å². The first-order valence-corrected chi connectivity index (χ1v) is 6.99. The maximum atomic E-state index is 12.1. The van der Waals surface area contributed by atoms with Crippen molar-refractivity contribution in [2.24, 2.45) is 0 Å². The van der Waals surface area contributed by atoms with E-state index in [0.29, 0.717) is 18.2 Å². The maximum Gasteiger partial charge on any atom is 0.282 e. The third-order valence-corrected chi connectivity index (χ3v) is 3.86. The van der Waals surface area contributed by atoms with E-state index >= 15 is 0 Å². The number of nitrogens with zero attached hydrogens (tertiary/aromatic N) is 3. The number of anilines is 1. The molecule has 0 radical (unpaired) electrons. The molecule has 7 nitrogen and oxygen atoms in total. The van der Waals surface area contributed by atoms with Gasteiger partial charge in [-0.3, -0.25) is 9.82 Å². The first-order chi connectivity index (χ1) is 8.44. The molecule has 0 unspecified atom stereocenters. The van der Waals surface area contributed by atoms with Crippen LogP contribution in [0, 0.1) is 13.8 Å². The van der Waals surface area contributed by atoms with Crippen LogP contribution in [0.1, 0.15) is 18.3 Å². The largest absolute Gasteiger partial charge is 0.334 e. The lowest BCUT2D eigenvalue weighted by Gasteiger charge is -2.03. The van der Waals surface area contributed by atoms with Crippen LogP contribution in [-0.2, 0) is 16.6 Å². The fraction of sp³-hybridized carbons (Fsp3) is 0.400. The van der Waals surface area contributed by atoms with Crippen molar-refractivity contribution >= 4 is 15.8 Å². The summed E-state index contributed by atoms with van der Waals surface area (Å²) in [6.45, 7) is 6.14. The monoisotopic (exact) mass is 269 g/mol. The molecule has 8 heteroatoms. The van der Waals surface area contributed by atoms with E-state index in [-0.39, 0.29) is 5.03 Å². The summed E-state index contributed by atoms with van der Waals surface area (Å²) in [5.41, 5.74) is 0.727. The van der Waals surface area contributed by atoms with E-state index in [9.17, 15) is 8.42 Å². The topological polar surface area (TPSA) is 92.7 Å².